The number of hydrogen-bond donors (Lipinski definition) is 4. The van der Waals surface area contributed by atoms with Crippen molar-refractivity contribution in [3.63, 3.8) is 0 Å². The summed E-state index contributed by atoms with van der Waals surface area (Å²) in [5.74, 6) is -1.47. The highest BCUT2D eigenvalue weighted by Gasteiger charge is 2.24. The zero-order valence-electron chi connectivity index (χ0n) is 22.0. The first-order valence-corrected chi connectivity index (χ1v) is 13.3. The summed E-state index contributed by atoms with van der Waals surface area (Å²) < 4.78 is 26.2. The molecule has 1 unspecified atom stereocenters. The fourth-order valence-electron chi connectivity index (χ4n) is 4.62. The van der Waals surface area contributed by atoms with Gasteiger partial charge < -0.3 is 21.7 Å². The number of nitrogens with two attached hydrogens (primary N) is 1. The predicted octanol–water partition coefficient (Wildman–Crippen LogP) is 5.29. The van der Waals surface area contributed by atoms with E-state index in [1.807, 2.05) is 18.2 Å². The van der Waals surface area contributed by atoms with E-state index in [9.17, 15) is 23.2 Å². The molecule has 0 saturated carbocycles. The number of carbonyl (C=O) groups excluding carboxylic acids is 3. The highest BCUT2D eigenvalue weighted by molar-refractivity contribution is 5.95. The first kappa shape index (κ1) is 28.5. The van der Waals surface area contributed by atoms with Crippen molar-refractivity contribution in [2.45, 2.75) is 44.6 Å². The molecule has 5 N–H and O–H groups in total. The van der Waals surface area contributed by atoms with Crippen molar-refractivity contribution in [2.75, 3.05) is 17.6 Å². The first-order chi connectivity index (χ1) is 19.3. The van der Waals surface area contributed by atoms with Crippen molar-refractivity contribution in [3.05, 3.63) is 101 Å². The van der Waals surface area contributed by atoms with Crippen molar-refractivity contribution in [3.8, 4) is 0 Å². The summed E-state index contributed by atoms with van der Waals surface area (Å²) in [5, 5.41) is 8.53. The number of anilines is 2. The molecule has 3 aromatic rings. The Morgan fingerprint density at radius 2 is 1.70 bits per heavy atom. The molecular weight excluding hydrogens is 514 g/mol. The van der Waals surface area contributed by atoms with E-state index in [0.29, 0.717) is 30.6 Å². The summed E-state index contributed by atoms with van der Waals surface area (Å²) in [7, 11) is 0. The Hall–Kier alpha value is -4.53. The molecule has 0 heterocycles. The summed E-state index contributed by atoms with van der Waals surface area (Å²) in [6.07, 6.45) is 7.29. The zero-order chi connectivity index (χ0) is 28.5. The molecule has 0 aliphatic heterocycles. The number of aryl methyl sites for hydroxylation is 1. The Labute approximate surface area is 231 Å². The molecule has 9 heteroatoms. The van der Waals surface area contributed by atoms with E-state index in [-0.39, 0.29) is 35.3 Å². The summed E-state index contributed by atoms with van der Waals surface area (Å²) in [5.41, 5.74) is 9.75. The number of hydrogen-bond acceptors (Lipinski definition) is 4. The fourth-order valence-corrected chi connectivity index (χ4v) is 4.62. The van der Waals surface area contributed by atoms with Gasteiger partial charge in [0, 0.05) is 24.6 Å². The summed E-state index contributed by atoms with van der Waals surface area (Å²) in [4.78, 5) is 36.8. The number of nitrogens with one attached hydrogen (secondary N) is 3. The number of carbonyl (C=O) groups is 3. The fraction of sp³-hybridized carbons (Fsp3) is 0.258. The number of halogens is 2. The van der Waals surface area contributed by atoms with Crippen LogP contribution in [0.4, 0.5) is 20.2 Å². The van der Waals surface area contributed by atoms with Crippen molar-refractivity contribution in [1.29, 1.82) is 0 Å². The first-order valence-electron chi connectivity index (χ1n) is 13.3. The van der Waals surface area contributed by atoms with Crippen molar-refractivity contribution in [1.82, 2.24) is 10.6 Å². The van der Waals surface area contributed by atoms with Gasteiger partial charge in [-0.25, -0.2) is 8.78 Å². The summed E-state index contributed by atoms with van der Waals surface area (Å²) in [6, 6.07) is 15.1. The van der Waals surface area contributed by atoms with Crippen LogP contribution < -0.4 is 21.7 Å². The lowest BCUT2D eigenvalue weighted by Crippen LogP contribution is -2.27. The minimum atomic E-state index is -0.458. The highest BCUT2D eigenvalue weighted by atomic mass is 19.1. The SMILES string of the molecule is Nc1cc(F)ccc1NC(=O)CCCCCNC(=O)/C=C/c1ccc2c(c1)CCC2NC(=O)c1ccc(F)cc1. The summed E-state index contributed by atoms with van der Waals surface area (Å²) in [6.45, 7) is 0.495. The molecule has 7 nitrogen and oxygen atoms in total. The molecule has 0 aromatic heterocycles. The highest BCUT2D eigenvalue weighted by Crippen LogP contribution is 2.32. The maximum atomic E-state index is 13.1. The van der Waals surface area contributed by atoms with Gasteiger partial charge in [-0.15, -0.1) is 0 Å². The van der Waals surface area contributed by atoms with Gasteiger partial charge in [0.15, 0.2) is 0 Å². The Morgan fingerprint density at radius 3 is 2.48 bits per heavy atom. The number of fused-ring (bicyclic) bond motifs is 1. The maximum Gasteiger partial charge on any atom is 0.251 e. The lowest BCUT2D eigenvalue weighted by molar-refractivity contribution is -0.117. The van der Waals surface area contributed by atoms with E-state index in [4.69, 9.17) is 5.73 Å². The molecular formula is C31H32F2N4O3. The van der Waals surface area contributed by atoms with Crippen LogP contribution >= 0.6 is 0 Å². The monoisotopic (exact) mass is 546 g/mol. The summed E-state index contributed by atoms with van der Waals surface area (Å²) >= 11 is 0. The lowest BCUT2D eigenvalue weighted by Gasteiger charge is -2.14. The van der Waals surface area contributed by atoms with E-state index < -0.39 is 5.82 Å². The second kappa shape index (κ2) is 13.5. The number of amides is 3. The average Bonchev–Trinajstić information content (AvgIpc) is 3.33. The number of unbranched alkanes of at least 4 members (excludes halogenated alkanes) is 2. The van der Waals surface area contributed by atoms with Gasteiger partial charge in [0.1, 0.15) is 11.6 Å². The molecule has 0 radical (unpaired) electrons. The van der Waals surface area contributed by atoms with E-state index in [1.165, 1.54) is 42.5 Å². The van der Waals surface area contributed by atoms with E-state index in [0.717, 1.165) is 48.4 Å². The standard InChI is InChI=1S/C31H32F2N4O3/c32-23-10-7-21(8-11-23)31(40)37-27-14-9-22-18-20(5-13-25(22)27)6-16-29(38)35-17-3-1-2-4-30(39)36-28-15-12-24(33)19-26(28)34/h5-8,10-13,15-16,18-19,27H,1-4,9,14,17,34H2,(H,35,38)(H,36,39)(H,37,40)/b16-6+. The normalized spacial score (nSPS) is 14.1. The Kier molecular flexibility index (Phi) is 9.62. The van der Waals surface area contributed by atoms with Gasteiger partial charge >= 0.3 is 0 Å². The third-order valence-corrected chi connectivity index (χ3v) is 6.75. The molecule has 3 amide bonds. The third kappa shape index (κ3) is 7.99. The van der Waals surface area contributed by atoms with E-state index >= 15 is 0 Å². The van der Waals surface area contributed by atoms with Gasteiger partial charge in [-0.1, -0.05) is 24.6 Å². The smallest absolute Gasteiger partial charge is 0.251 e. The van der Waals surface area contributed by atoms with Crippen LogP contribution in [0.5, 0.6) is 0 Å². The van der Waals surface area contributed by atoms with Crippen LogP contribution in [0.3, 0.4) is 0 Å². The molecule has 0 saturated heterocycles. The molecule has 0 spiro atoms. The van der Waals surface area contributed by atoms with Crippen LogP contribution in [0.25, 0.3) is 6.08 Å². The Morgan fingerprint density at radius 1 is 0.925 bits per heavy atom. The van der Waals surface area contributed by atoms with Crippen LogP contribution in [0.1, 0.15) is 65.2 Å². The van der Waals surface area contributed by atoms with E-state index in [2.05, 4.69) is 16.0 Å². The van der Waals surface area contributed by atoms with Crippen LogP contribution in [0, 0.1) is 11.6 Å². The molecule has 0 bridgehead atoms. The third-order valence-electron chi connectivity index (χ3n) is 6.75. The van der Waals surface area contributed by atoms with Crippen LogP contribution in [-0.4, -0.2) is 24.3 Å². The zero-order valence-corrected chi connectivity index (χ0v) is 22.0. The molecule has 1 atom stereocenters. The minimum absolute atomic E-state index is 0.110. The molecule has 1 aliphatic rings. The molecule has 1 aliphatic carbocycles. The Balaban J connectivity index is 1.15. The van der Waals surface area contributed by atoms with Gasteiger partial charge in [0.05, 0.1) is 17.4 Å². The van der Waals surface area contributed by atoms with Gasteiger partial charge in [-0.05, 0) is 90.9 Å². The second-order valence-corrected chi connectivity index (χ2v) is 9.74. The average molecular weight is 547 g/mol. The van der Waals surface area contributed by atoms with Crippen molar-refractivity contribution >= 4 is 35.2 Å². The quantitative estimate of drug-likeness (QED) is 0.149. The lowest BCUT2D eigenvalue weighted by atomic mass is 10.0. The molecule has 4 rings (SSSR count). The van der Waals surface area contributed by atoms with Crippen LogP contribution in [-0.2, 0) is 16.0 Å². The van der Waals surface area contributed by atoms with Crippen LogP contribution in [0.15, 0.2) is 66.7 Å². The van der Waals surface area contributed by atoms with Crippen molar-refractivity contribution < 1.29 is 23.2 Å². The molecule has 0 fully saturated rings. The topological polar surface area (TPSA) is 113 Å². The van der Waals surface area contributed by atoms with Gasteiger partial charge in [0.25, 0.3) is 5.91 Å². The van der Waals surface area contributed by atoms with Gasteiger partial charge in [0.2, 0.25) is 11.8 Å². The molecule has 208 valence electrons. The maximum absolute atomic E-state index is 13.1. The largest absolute Gasteiger partial charge is 0.397 e. The Bertz CT molecular complexity index is 1410. The van der Waals surface area contributed by atoms with Crippen molar-refractivity contribution in [2.24, 2.45) is 0 Å². The second-order valence-electron chi connectivity index (χ2n) is 9.74. The van der Waals surface area contributed by atoms with Gasteiger partial charge in [-0.3, -0.25) is 14.4 Å². The molecule has 40 heavy (non-hydrogen) atoms. The van der Waals surface area contributed by atoms with Crippen LogP contribution in [0.2, 0.25) is 0 Å². The minimum Gasteiger partial charge on any atom is -0.397 e. The van der Waals surface area contributed by atoms with E-state index in [1.54, 1.807) is 6.08 Å². The van der Waals surface area contributed by atoms with Gasteiger partial charge in [-0.2, -0.15) is 0 Å². The number of nitrogen functional groups attached to an aromatic ring is 1. The predicted molar refractivity (Wildman–Crippen MR) is 151 cm³/mol. The number of benzene rings is 3. The number of rotatable bonds is 11. The molecule has 3 aromatic carbocycles.